The molecule has 0 aromatic heterocycles. The number of ether oxygens (including phenoxy) is 1. The van der Waals surface area contributed by atoms with E-state index in [1.807, 2.05) is 13.8 Å². The van der Waals surface area contributed by atoms with Gasteiger partial charge in [-0.1, -0.05) is 0 Å². The molecule has 0 unspecified atom stereocenters. The molecule has 1 fully saturated rings. The first-order valence-electron chi connectivity index (χ1n) is 9.26. The van der Waals surface area contributed by atoms with Gasteiger partial charge in [-0.25, -0.2) is 9.18 Å². The average molecular weight is 381 g/mol. The van der Waals surface area contributed by atoms with E-state index in [4.69, 9.17) is 4.74 Å². The predicted octanol–water partition coefficient (Wildman–Crippen LogP) is 1.56. The summed E-state index contributed by atoms with van der Waals surface area (Å²) in [5, 5.41) is 18.0. The number of aliphatic hydroxyl groups excluding tert-OH is 1. The lowest BCUT2D eigenvalue weighted by atomic mass is 9.96. The third-order valence-electron chi connectivity index (χ3n) is 4.39. The summed E-state index contributed by atoms with van der Waals surface area (Å²) >= 11 is 0. The lowest BCUT2D eigenvalue weighted by Crippen LogP contribution is -2.51. The second-order valence-corrected chi connectivity index (χ2v) is 6.99. The number of rotatable bonds is 7. The number of nitrogens with one attached hydrogen (secondary N) is 3. The zero-order valence-corrected chi connectivity index (χ0v) is 15.7. The summed E-state index contributed by atoms with van der Waals surface area (Å²) in [6, 6.07) is 4.82. The lowest BCUT2D eigenvalue weighted by Gasteiger charge is -2.36. The fourth-order valence-electron chi connectivity index (χ4n) is 3.02. The highest BCUT2D eigenvalue weighted by Crippen LogP contribution is 2.22. The Morgan fingerprint density at radius 3 is 2.59 bits per heavy atom. The Bertz CT molecular complexity index is 624. The van der Waals surface area contributed by atoms with Crippen LogP contribution in [0.1, 0.15) is 43.5 Å². The Labute approximate surface area is 158 Å². The summed E-state index contributed by atoms with van der Waals surface area (Å²) in [5.74, 6) is -0.730. The van der Waals surface area contributed by atoms with Crippen LogP contribution in [-0.2, 0) is 4.74 Å². The summed E-state index contributed by atoms with van der Waals surface area (Å²) < 4.78 is 18.8. The molecule has 3 atom stereocenters. The quantitative estimate of drug-likeness (QED) is 0.576. The van der Waals surface area contributed by atoms with Crippen LogP contribution in [0.5, 0.6) is 0 Å². The van der Waals surface area contributed by atoms with Crippen molar-refractivity contribution in [3.05, 3.63) is 35.6 Å². The number of carbonyl (C=O) groups is 2. The van der Waals surface area contributed by atoms with Gasteiger partial charge in [0.2, 0.25) is 0 Å². The van der Waals surface area contributed by atoms with Crippen molar-refractivity contribution in [3.8, 4) is 0 Å². The molecule has 27 heavy (non-hydrogen) atoms. The Hall–Kier alpha value is -2.19. The molecule has 0 bridgehead atoms. The molecule has 4 N–H and O–H groups in total. The van der Waals surface area contributed by atoms with Gasteiger partial charge in [-0.15, -0.1) is 0 Å². The predicted molar refractivity (Wildman–Crippen MR) is 98.9 cm³/mol. The molecule has 7 nitrogen and oxygen atoms in total. The Morgan fingerprint density at radius 1 is 1.26 bits per heavy atom. The molecule has 1 aliphatic rings. The van der Waals surface area contributed by atoms with Crippen molar-refractivity contribution in [3.63, 3.8) is 0 Å². The number of urea groups is 1. The Morgan fingerprint density at radius 2 is 1.96 bits per heavy atom. The van der Waals surface area contributed by atoms with Crippen LogP contribution >= 0.6 is 0 Å². The molecular formula is C19H28FN3O4. The molecular weight excluding hydrogens is 353 g/mol. The van der Waals surface area contributed by atoms with Crippen molar-refractivity contribution in [2.24, 2.45) is 0 Å². The minimum Gasteiger partial charge on any atom is -0.394 e. The number of benzene rings is 1. The smallest absolute Gasteiger partial charge is 0.314 e. The van der Waals surface area contributed by atoms with Crippen molar-refractivity contribution >= 4 is 11.9 Å². The van der Waals surface area contributed by atoms with E-state index in [-0.39, 0.29) is 36.7 Å². The van der Waals surface area contributed by atoms with E-state index in [0.717, 1.165) is 0 Å². The summed E-state index contributed by atoms with van der Waals surface area (Å²) in [6.07, 6.45) is 1.37. The third-order valence-corrected chi connectivity index (χ3v) is 4.39. The van der Waals surface area contributed by atoms with Gasteiger partial charge in [0.25, 0.3) is 5.91 Å². The number of amides is 3. The topological polar surface area (TPSA) is 99.7 Å². The molecule has 2 rings (SSSR count). The monoisotopic (exact) mass is 381 g/mol. The van der Waals surface area contributed by atoms with Gasteiger partial charge in [0.15, 0.2) is 0 Å². The normalized spacial score (nSPS) is 22.3. The standard InChI is InChI=1S/C19H28FN3O4/c1-12(2)22-19(26)21-10-9-15-7-8-16(17(11-24)27-15)23-18(25)13-3-5-14(20)6-4-13/h3-6,12,15-17,24H,7-11H2,1-2H3,(H,23,25)(H2,21,22,26)/t15-,16+,17+/m1/s1. The zero-order chi connectivity index (χ0) is 19.8. The van der Waals surface area contributed by atoms with Crippen molar-refractivity contribution in [1.29, 1.82) is 0 Å². The second kappa shape index (κ2) is 10.2. The van der Waals surface area contributed by atoms with Crippen LogP contribution in [0.25, 0.3) is 0 Å². The van der Waals surface area contributed by atoms with Crippen molar-refractivity contribution in [2.75, 3.05) is 13.2 Å². The van der Waals surface area contributed by atoms with Crippen molar-refractivity contribution < 1.29 is 23.8 Å². The minimum absolute atomic E-state index is 0.0696. The molecule has 8 heteroatoms. The summed E-state index contributed by atoms with van der Waals surface area (Å²) in [7, 11) is 0. The highest BCUT2D eigenvalue weighted by molar-refractivity contribution is 5.94. The largest absolute Gasteiger partial charge is 0.394 e. The van der Waals surface area contributed by atoms with E-state index in [1.165, 1.54) is 24.3 Å². The SMILES string of the molecule is CC(C)NC(=O)NCC[C@H]1CC[C@H](NC(=O)c2ccc(F)cc2)[C@H](CO)O1. The fourth-order valence-corrected chi connectivity index (χ4v) is 3.02. The third kappa shape index (κ3) is 6.80. The molecule has 1 aromatic carbocycles. The molecule has 0 spiro atoms. The molecule has 0 radical (unpaired) electrons. The second-order valence-electron chi connectivity index (χ2n) is 6.99. The molecule has 1 heterocycles. The molecule has 150 valence electrons. The number of halogens is 1. The molecule has 0 saturated carbocycles. The Balaban J connectivity index is 1.79. The molecule has 3 amide bonds. The van der Waals surface area contributed by atoms with Crippen LogP contribution < -0.4 is 16.0 Å². The molecule has 1 aromatic rings. The first kappa shape index (κ1) is 21.1. The highest BCUT2D eigenvalue weighted by atomic mass is 19.1. The van der Waals surface area contributed by atoms with Gasteiger partial charge in [0.1, 0.15) is 11.9 Å². The molecule has 0 aliphatic carbocycles. The van der Waals surface area contributed by atoms with E-state index in [1.54, 1.807) is 0 Å². The average Bonchev–Trinajstić information content (AvgIpc) is 2.62. The number of aliphatic hydroxyl groups is 1. The van der Waals surface area contributed by atoms with Gasteiger partial charge in [0.05, 0.1) is 18.8 Å². The van der Waals surface area contributed by atoms with Gasteiger partial charge >= 0.3 is 6.03 Å². The van der Waals surface area contributed by atoms with Gasteiger partial charge in [-0.2, -0.15) is 0 Å². The minimum atomic E-state index is -0.516. The highest BCUT2D eigenvalue weighted by Gasteiger charge is 2.31. The van der Waals surface area contributed by atoms with Gasteiger partial charge < -0.3 is 25.8 Å². The van der Waals surface area contributed by atoms with Crippen molar-refractivity contribution in [1.82, 2.24) is 16.0 Å². The van der Waals surface area contributed by atoms with E-state index in [9.17, 15) is 19.1 Å². The lowest BCUT2D eigenvalue weighted by molar-refractivity contribution is -0.0892. The first-order chi connectivity index (χ1) is 12.9. The molecule has 1 aliphatic heterocycles. The molecule has 1 saturated heterocycles. The fraction of sp³-hybridized carbons (Fsp3) is 0.579. The van der Waals surface area contributed by atoms with Crippen LogP contribution in [0.2, 0.25) is 0 Å². The maximum atomic E-state index is 13.0. The van der Waals surface area contributed by atoms with Crippen LogP contribution in [0.4, 0.5) is 9.18 Å². The Kier molecular flexibility index (Phi) is 7.99. The van der Waals surface area contributed by atoms with Crippen LogP contribution in [0, 0.1) is 5.82 Å². The zero-order valence-electron chi connectivity index (χ0n) is 15.7. The van der Waals surface area contributed by atoms with E-state index in [0.29, 0.717) is 31.4 Å². The van der Waals surface area contributed by atoms with Crippen molar-refractivity contribution in [2.45, 2.75) is 57.4 Å². The van der Waals surface area contributed by atoms with Gasteiger partial charge in [-0.05, 0) is 57.4 Å². The van der Waals surface area contributed by atoms with Gasteiger partial charge in [-0.3, -0.25) is 4.79 Å². The number of carbonyl (C=O) groups excluding carboxylic acids is 2. The van der Waals surface area contributed by atoms with E-state index >= 15 is 0 Å². The van der Waals surface area contributed by atoms with Gasteiger partial charge in [0, 0.05) is 18.2 Å². The maximum Gasteiger partial charge on any atom is 0.314 e. The summed E-state index contributed by atoms with van der Waals surface area (Å²) in [5.41, 5.74) is 0.357. The maximum absolute atomic E-state index is 13.0. The number of hydrogen-bond acceptors (Lipinski definition) is 4. The van der Waals surface area contributed by atoms with Crippen LogP contribution in [0.3, 0.4) is 0 Å². The van der Waals surface area contributed by atoms with Crippen LogP contribution in [0.15, 0.2) is 24.3 Å². The van der Waals surface area contributed by atoms with E-state index < -0.39 is 11.9 Å². The summed E-state index contributed by atoms with van der Waals surface area (Å²) in [6.45, 7) is 4.02. The first-order valence-corrected chi connectivity index (χ1v) is 9.26. The van der Waals surface area contributed by atoms with Crippen LogP contribution in [-0.4, -0.2) is 54.5 Å². The number of hydrogen-bond donors (Lipinski definition) is 4. The summed E-state index contributed by atoms with van der Waals surface area (Å²) in [4.78, 5) is 23.8. The van der Waals surface area contributed by atoms with E-state index in [2.05, 4.69) is 16.0 Å².